The van der Waals surface area contributed by atoms with Gasteiger partial charge in [0.2, 0.25) is 0 Å². The molecular formula is C13H25NO3. The summed E-state index contributed by atoms with van der Waals surface area (Å²) in [5.41, 5.74) is -0.0556. The van der Waals surface area contributed by atoms with Crippen molar-refractivity contribution in [3.8, 4) is 0 Å². The summed E-state index contributed by atoms with van der Waals surface area (Å²) in [7, 11) is 0. The fraction of sp³-hybridized carbons (Fsp3) is 0.923. The van der Waals surface area contributed by atoms with E-state index in [0.717, 1.165) is 12.8 Å². The van der Waals surface area contributed by atoms with Crippen LogP contribution < -0.4 is 0 Å². The van der Waals surface area contributed by atoms with Crippen LogP contribution in [0.5, 0.6) is 0 Å². The average molecular weight is 243 g/mol. The number of aliphatic carboxylic acids is 1. The Morgan fingerprint density at radius 3 is 2.18 bits per heavy atom. The summed E-state index contributed by atoms with van der Waals surface area (Å²) in [5.74, 6) is -1.28. The molecule has 1 rings (SSSR count). The van der Waals surface area contributed by atoms with Crippen molar-refractivity contribution in [2.24, 2.45) is 5.92 Å². The van der Waals surface area contributed by atoms with Crippen molar-refractivity contribution in [1.29, 1.82) is 0 Å². The van der Waals surface area contributed by atoms with Gasteiger partial charge in [-0.15, -0.1) is 0 Å². The molecule has 0 aromatic rings. The van der Waals surface area contributed by atoms with E-state index in [1.807, 2.05) is 5.06 Å². The molecule has 0 aromatic heterocycles. The fourth-order valence-electron chi connectivity index (χ4n) is 2.58. The number of carboxylic acid groups (broad SMARTS) is 1. The Bertz CT molecular complexity index is 270. The van der Waals surface area contributed by atoms with Gasteiger partial charge in [0.05, 0.1) is 12.5 Å². The Balaban J connectivity index is 2.67. The van der Waals surface area contributed by atoms with Gasteiger partial charge in [-0.2, -0.15) is 5.06 Å². The second-order valence-electron chi connectivity index (χ2n) is 6.31. The molecule has 0 saturated carbocycles. The predicted molar refractivity (Wildman–Crippen MR) is 66.6 cm³/mol. The zero-order valence-corrected chi connectivity index (χ0v) is 11.6. The number of piperidine rings is 1. The Morgan fingerprint density at radius 1 is 1.29 bits per heavy atom. The molecule has 4 heteroatoms. The largest absolute Gasteiger partial charge is 0.481 e. The number of carboxylic acids is 1. The molecule has 1 saturated heterocycles. The van der Waals surface area contributed by atoms with Gasteiger partial charge < -0.3 is 5.11 Å². The highest BCUT2D eigenvalue weighted by atomic mass is 16.7. The van der Waals surface area contributed by atoms with Gasteiger partial charge >= 0.3 is 5.97 Å². The summed E-state index contributed by atoms with van der Waals surface area (Å²) in [5, 5.41) is 10.9. The SMILES string of the molecule is CC(CON1C(C)(C)CCCC1(C)C)C(=O)O. The van der Waals surface area contributed by atoms with Crippen molar-refractivity contribution in [3.63, 3.8) is 0 Å². The lowest BCUT2D eigenvalue weighted by Gasteiger charge is -2.51. The van der Waals surface area contributed by atoms with Crippen LogP contribution in [0.1, 0.15) is 53.9 Å². The summed E-state index contributed by atoms with van der Waals surface area (Å²) in [4.78, 5) is 16.6. The third kappa shape index (κ3) is 3.42. The molecule has 0 amide bonds. The van der Waals surface area contributed by atoms with E-state index in [-0.39, 0.29) is 17.7 Å². The van der Waals surface area contributed by atoms with Crippen molar-refractivity contribution in [1.82, 2.24) is 5.06 Å². The molecule has 0 radical (unpaired) electrons. The van der Waals surface area contributed by atoms with Crippen LogP contribution in [0.3, 0.4) is 0 Å². The van der Waals surface area contributed by atoms with Gasteiger partial charge in [0, 0.05) is 11.1 Å². The van der Waals surface area contributed by atoms with Gasteiger partial charge in [-0.25, -0.2) is 0 Å². The van der Waals surface area contributed by atoms with Crippen molar-refractivity contribution in [2.75, 3.05) is 6.61 Å². The van der Waals surface area contributed by atoms with Gasteiger partial charge in [-0.05, 0) is 53.9 Å². The Kier molecular flexibility index (Phi) is 4.20. The van der Waals surface area contributed by atoms with Gasteiger partial charge in [-0.1, -0.05) is 0 Å². The zero-order chi connectivity index (χ0) is 13.3. The summed E-state index contributed by atoms with van der Waals surface area (Å²) in [6, 6.07) is 0. The lowest BCUT2D eigenvalue weighted by Crippen LogP contribution is -2.58. The van der Waals surface area contributed by atoms with Gasteiger partial charge in [0.25, 0.3) is 0 Å². The van der Waals surface area contributed by atoms with Crippen LogP contribution >= 0.6 is 0 Å². The quantitative estimate of drug-likeness (QED) is 0.824. The second kappa shape index (κ2) is 4.94. The van der Waals surface area contributed by atoms with E-state index < -0.39 is 11.9 Å². The first-order valence-corrected chi connectivity index (χ1v) is 6.33. The van der Waals surface area contributed by atoms with E-state index in [1.54, 1.807) is 6.92 Å². The van der Waals surface area contributed by atoms with E-state index in [9.17, 15) is 4.79 Å². The summed E-state index contributed by atoms with van der Waals surface area (Å²) < 4.78 is 0. The molecule has 1 N–H and O–H groups in total. The van der Waals surface area contributed by atoms with Crippen molar-refractivity contribution in [3.05, 3.63) is 0 Å². The third-order valence-electron chi connectivity index (χ3n) is 3.55. The molecule has 0 spiro atoms. The fourth-order valence-corrected chi connectivity index (χ4v) is 2.58. The number of rotatable bonds is 4. The first-order valence-electron chi connectivity index (χ1n) is 6.33. The van der Waals surface area contributed by atoms with Crippen LogP contribution in [0.15, 0.2) is 0 Å². The summed E-state index contributed by atoms with van der Waals surface area (Å²) in [6.07, 6.45) is 3.35. The standard InChI is InChI=1S/C13H25NO3/c1-10(11(15)16)9-17-14-12(2,3)7-6-8-13(14,4)5/h10H,6-9H2,1-5H3,(H,15,16). The smallest absolute Gasteiger partial charge is 0.308 e. The molecule has 0 aliphatic carbocycles. The number of hydrogen-bond acceptors (Lipinski definition) is 3. The molecule has 4 nitrogen and oxygen atoms in total. The minimum absolute atomic E-state index is 0.0278. The van der Waals surface area contributed by atoms with E-state index in [1.165, 1.54) is 6.42 Å². The van der Waals surface area contributed by atoms with Crippen molar-refractivity contribution >= 4 is 5.97 Å². The monoisotopic (exact) mass is 243 g/mol. The maximum absolute atomic E-state index is 10.8. The van der Waals surface area contributed by atoms with Crippen molar-refractivity contribution in [2.45, 2.75) is 65.0 Å². The maximum Gasteiger partial charge on any atom is 0.308 e. The highest BCUT2D eigenvalue weighted by Gasteiger charge is 2.42. The van der Waals surface area contributed by atoms with Gasteiger partial charge in [-0.3, -0.25) is 9.63 Å². The first-order chi connectivity index (χ1) is 7.67. The molecule has 1 fully saturated rings. The Hall–Kier alpha value is -0.610. The molecule has 1 heterocycles. The average Bonchev–Trinajstić information content (AvgIpc) is 2.14. The molecule has 100 valence electrons. The molecule has 1 aliphatic rings. The lowest BCUT2D eigenvalue weighted by molar-refractivity contribution is -0.285. The summed E-state index contributed by atoms with van der Waals surface area (Å²) >= 11 is 0. The number of hydrogen-bond donors (Lipinski definition) is 1. The lowest BCUT2D eigenvalue weighted by atomic mass is 9.82. The second-order valence-corrected chi connectivity index (χ2v) is 6.31. The molecule has 1 aliphatic heterocycles. The molecule has 0 bridgehead atoms. The van der Waals surface area contributed by atoms with E-state index in [0.29, 0.717) is 0 Å². The highest BCUT2D eigenvalue weighted by molar-refractivity contribution is 5.69. The normalized spacial score (nSPS) is 25.5. The molecule has 1 atom stereocenters. The first kappa shape index (κ1) is 14.5. The van der Waals surface area contributed by atoms with E-state index in [4.69, 9.17) is 9.94 Å². The Labute approximate surface area is 104 Å². The topological polar surface area (TPSA) is 49.8 Å². The molecule has 0 aromatic carbocycles. The highest BCUT2D eigenvalue weighted by Crippen LogP contribution is 2.38. The van der Waals surface area contributed by atoms with Crippen LogP contribution in [-0.4, -0.2) is 33.8 Å². The maximum atomic E-state index is 10.8. The van der Waals surface area contributed by atoms with Gasteiger partial charge in [0.1, 0.15) is 0 Å². The van der Waals surface area contributed by atoms with Crippen LogP contribution in [0.25, 0.3) is 0 Å². The van der Waals surface area contributed by atoms with Crippen LogP contribution in [0.2, 0.25) is 0 Å². The number of hydroxylamine groups is 2. The van der Waals surface area contributed by atoms with Crippen molar-refractivity contribution < 1.29 is 14.7 Å². The van der Waals surface area contributed by atoms with E-state index >= 15 is 0 Å². The zero-order valence-electron chi connectivity index (χ0n) is 11.6. The summed E-state index contributed by atoms with van der Waals surface area (Å²) in [6.45, 7) is 10.5. The minimum Gasteiger partial charge on any atom is -0.481 e. The van der Waals surface area contributed by atoms with Crippen LogP contribution in [0, 0.1) is 5.92 Å². The predicted octanol–water partition coefficient (Wildman–Crippen LogP) is 2.68. The Morgan fingerprint density at radius 2 is 1.76 bits per heavy atom. The van der Waals surface area contributed by atoms with Crippen LogP contribution in [-0.2, 0) is 9.63 Å². The number of nitrogens with zero attached hydrogens (tertiary/aromatic N) is 1. The van der Waals surface area contributed by atoms with Crippen LogP contribution in [0.4, 0.5) is 0 Å². The number of carbonyl (C=O) groups is 1. The molecule has 1 unspecified atom stereocenters. The van der Waals surface area contributed by atoms with Gasteiger partial charge in [0.15, 0.2) is 0 Å². The molecular weight excluding hydrogens is 218 g/mol. The molecule has 17 heavy (non-hydrogen) atoms. The van der Waals surface area contributed by atoms with E-state index in [2.05, 4.69) is 27.7 Å². The minimum atomic E-state index is -0.808. The third-order valence-corrected chi connectivity index (χ3v) is 3.55.